The smallest absolute Gasteiger partial charge is 0.258 e. The molecule has 20 heavy (non-hydrogen) atoms. The molecule has 0 bridgehead atoms. The fourth-order valence-electron chi connectivity index (χ4n) is 2.64. The zero-order valence-electron chi connectivity index (χ0n) is 11.8. The topological polar surface area (TPSA) is 46.3 Å². The predicted octanol–water partition coefficient (Wildman–Crippen LogP) is 3.09. The van der Waals surface area contributed by atoms with Gasteiger partial charge in [0.2, 0.25) is 0 Å². The van der Waals surface area contributed by atoms with Crippen molar-refractivity contribution in [2.75, 3.05) is 17.2 Å². The predicted molar refractivity (Wildman–Crippen MR) is 82.2 cm³/mol. The molecular formula is C17H18N2O. The van der Waals surface area contributed by atoms with Gasteiger partial charge in [-0.1, -0.05) is 12.1 Å². The Hall–Kier alpha value is -2.29. The van der Waals surface area contributed by atoms with E-state index in [2.05, 4.69) is 6.92 Å². The fourth-order valence-corrected chi connectivity index (χ4v) is 2.64. The number of benzene rings is 2. The highest BCUT2D eigenvalue weighted by atomic mass is 16.2. The Morgan fingerprint density at radius 2 is 1.90 bits per heavy atom. The van der Waals surface area contributed by atoms with E-state index in [1.54, 1.807) is 0 Å². The van der Waals surface area contributed by atoms with Gasteiger partial charge in [-0.2, -0.15) is 0 Å². The normalized spacial score (nSPS) is 13.4. The number of nitrogens with two attached hydrogens (primary N) is 1. The molecule has 3 rings (SSSR count). The average Bonchev–Trinajstić information content (AvgIpc) is 2.84. The average molecular weight is 266 g/mol. The van der Waals surface area contributed by atoms with Crippen molar-refractivity contribution < 1.29 is 4.79 Å². The summed E-state index contributed by atoms with van der Waals surface area (Å²) in [6, 6.07) is 11.7. The Morgan fingerprint density at radius 3 is 2.65 bits per heavy atom. The van der Waals surface area contributed by atoms with Crippen molar-refractivity contribution in [3.05, 3.63) is 58.7 Å². The van der Waals surface area contributed by atoms with Gasteiger partial charge in [-0.3, -0.25) is 4.79 Å². The van der Waals surface area contributed by atoms with Gasteiger partial charge in [-0.25, -0.2) is 0 Å². The molecule has 2 aromatic rings. The van der Waals surface area contributed by atoms with Gasteiger partial charge >= 0.3 is 0 Å². The SMILES string of the molecule is Cc1ccc(C(=O)N2CCc3ccc(N)cc32)cc1C. The highest BCUT2D eigenvalue weighted by molar-refractivity contribution is 6.07. The van der Waals surface area contributed by atoms with Crippen LogP contribution in [0.15, 0.2) is 36.4 Å². The van der Waals surface area contributed by atoms with E-state index in [1.807, 2.05) is 48.2 Å². The van der Waals surface area contributed by atoms with Crippen molar-refractivity contribution in [3.63, 3.8) is 0 Å². The Labute approximate surface area is 119 Å². The van der Waals surface area contributed by atoms with Gasteiger partial charge < -0.3 is 10.6 Å². The minimum Gasteiger partial charge on any atom is -0.399 e. The lowest BCUT2D eigenvalue weighted by Crippen LogP contribution is -2.29. The summed E-state index contributed by atoms with van der Waals surface area (Å²) in [6.45, 7) is 4.81. The molecule has 0 aliphatic carbocycles. The first-order valence-electron chi connectivity index (χ1n) is 6.84. The van der Waals surface area contributed by atoms with Gasteiger partial charge in [-0.05, 0) is 61.2 Å². The molecule has 1 heterocycles. The molecular weight excluding hydrogens is 248 g/mol. The molecule has 1 aliphatic rings. The number of hydrogen-bond acceptors (Lipinski definition) is 2. The number of fused-ring (bicyclic) bond motifs is 1. The molecule has 1 amide bonds. The van der Waals surface area contributed by atoms with Gasteiger partial charge in [0.25, 0.3) is 5.91 Å². The first kappa shape index (κ1) is 12.7. The minimum atomic E-state index is 0.0532. The number of rotatable bonds is 1. The summed E-state index contributed by atoms with van der Waals surface area (Å²) < 4.78 is 0. The molecule has 0 spiro atoms. The second kappa shape index (κ2) is 4.67. The van der Waals surface area contributed by atoms with E-state index in [9.17, 15) is 4.79 Å². The maximum absolute atomic E-state index is 12.7. The zero-order valence-corrected chi connectivity index (χ0v) is 11.8. The van der Waals surface area contributed by atoms with Crippen molar-refractivity contribution in [3.8, 4) is 0 Å². The lowest BCUT2D eigenvalue weighted by Gasteiger charge is -2.18. The summed E-state index contributed by atoms with van der Waals surface area (Å²) in [5.74, 6) is 0.0532. The van der Waals surface area contributed by atoms with E-state index < -0.39 is 0 Å². The minimum absolute atomic E-state index is 0.0532. The van der Waals surface area contributed by atoms with E-state index >= 15 is 0 Å². The molecule has 1 aliphatic heterocycles. The third kappa shape index (κ3) is 2.05. The highest BCUT2D eigenvalue weighted by Crippen LogP contribution is 2.31. The summed E-state index contributed by atoms with van der Waals surface area (Å²) >= 11 is 0. The number of nitrogen functional groups attached to an aromatic ring is 1. The van der Waals surface area contributed by atoms with Gasteiger partial charge in [-0.15, -0.1) is 0 Å². The van der Waals surface area contributed by atoms with E-state index in [0.717, 1.165) is 29.8 Å². The van der Waals surface area contributed by atoms with Crippen molar-refractivity contribution in [2.24, 2.45) is 0 Å². The molecule has 0 fully saturated rings. The lowest BCUT2D eigenvalue weighted by atomic mass is 10.1. The molecule has 3 nitrogen and oxygen atoms in total. The van der Waals surface area contributed by atoms with E-state index in [4.69, 9.17) is 5.73 Å². The van der Waals surface area contributed by atoms with Crippen LogP contribution in [0.3, 0.4) is 0 Å². The van der Waals surface area contributed by atoms with Crippen LogP contribution < -0.4 is 10.6 Å². The first-order chi connectivity index (χ1) is 9.56. The van der Waals surface area contributed by atoms with Gasteiger partial charge in [0.05, 0.1) is 0 Å². The van der Waals surface area contributed by atoms with Crippen LogP contribution in [0.25, 0.3) is 0 Å². The third-order valence-corrected chi connectivity index (χ3v) is 4.00. The second-order valence-corrected chi connectivity index (χ2v) is 5.39. The number of carbonyl (C=O) groups excluding carboxylic acids is 1. The standard InChI is InChI=1S/C17H18N2O/c1-11-3-4-14(9-12(11)2)17(20)19-8-7-13-5-6-15(18)10-16(13)19/h3-6,9-10H,7-8,18H2,1-2H3. The summed E-state index contributed by atoms with van der Waals surface area (Å²) in [6.07, 6.45) is 0.895. The van der Waals surface area contributed by atoms with Crippen LogP contribution in [-0.4, -0.2) is 12.5 Å². The maximum atomic E-state index is 12.7. The fraction of sp³-hybridized carbons (Fsp3) is 0.235. The Morgan fingerprint density at radius 1 is 1.10 bits per heavy atom. The van der Waals surface area contributed by atoms with Gasteiger partial charge in [0, 0.05) is 23.5 Å². The van der Waals surface area contributed by atoms with Crippen molar-refractivity contribution in [2.45, 2.75) is 20.3 Å². The zero-order chi connectivity index (χ0) is 14.3. The summed E-state index contributed by atoms with van der Waals surface area (Å²) in [7, 11) is 0. The Kier molecular flexibility index (Phi) is 2.97. The monoisotopic (exact) mass is 266 g/mol. The number of anilines is 2. The first-order valence-corrected chi connectivity index (χ1v) is 6.84. The van der Waals surface area contributed by atoms with Crippen LogP contribution in [0.5, 0.6) is 0 Å². The largest absolute Gasteiger partial charge is 0.399 e. The molecule has 3 heteroatoms. The lowest BCUT2D eigenvalue weighted by molar-refractivity contribution is 0.0989. The number of nitrogens with zero attached hydrogens (tertiary/aromatic N) is 1. The summed E-state index contributed by atoms with van der Waals surface area (Å²) in [5, 5.41) is 0. The molecule has 0 saturated carbocycles. The van der Waals surface area contributed by atoms with E-state index in [-0.39, 0.29) is 5.91 Å². The van der Waals surface area contributed by atoms with Crippen LogP contribution in [0.1, 0.15) is 27.0 Å². The number of aryl methyl sites for hydroxylation is 2. The molecule has 0 saturated heterocycles. The van der Waals surface area contributed by atoms with Gasteiger partial charge in [0.15, 0.2) is 0 Å². The molecule has 0 radical (unpaired) electrons. The molecule has 0 atom stereocenters. The summed E-state index contributed by atoms with van der Waals surface area (Å²) in [5.41, 5.74) is 11.8. The number of carbonyl (C=O) groups is 1. The van der Waals surface area contributed by atoms with Crippen molar-refractivity contribution in [1.82, 2.24) is 0 Å². The van der Waals surface area contributed by atoms with Crippen LogP contribution in [0.4, 0.5) is 11.4 Å². The Bertz CT molecular complexity index is 691. The van der Waals surface area contributed by atoms with Crippen LogP contribution in [0, 0.1) is 13.8 Å². The third-order valence-electron chi connectivity index (χ3n) is 4.00. The molecule has 2 N–H and O–H groups in total. The number of amides is 1. The quantitative estimate of drug-likeness (QED) is 0.806. The Balaban J connectivity index is 1.97. The summed E-state index contributed by atoms with van der Waals surface area (Å²) in [4.78, 5) is 14.5. The molecule has 0 unspecified atom stereocenters. The second-order valence-electron chi connectivity index (χ2n) is 5.39. The highest BCUT2D eigenvalue weighted by Gasteiger charge is 2.25. The molecule has 102 valence electrons. The maximum Gasteiger partial charge on any atom is 0.258 e. The van der Waals surface area contributed by atoms with E-state index in [0.29, 0.717) is 5.69 Å². The van der Waals surface area contributed by atoms with Crippen LogP contribution in [-0.2, 0) is 6.42 Å². The number of hydrogen-bond donors (Lipinski definition) is 1. The van der Waals surface area contributed by atoms with Crippen molar-refractivity contribution in [1.29, 1.82) is 0 Å². The molecule has 0 aromatic heterocycles. The van der Waals surface area contributed by atoms with Gasteiger partial charge in [0.1, 0.15) is 0 Å². The van der Waals surface area contributed by atoms with E-state index in [1.165, 1.54) is 11.1 Å². The van der Waals surface area contributed by atoms with Crippen LogP contribution in [0.2, 0.25) is 0 Å². The molecule has 2 aromatic carbocycles. The van der Waals surface area contributed by atoms with Crippen LogP contribution >= 0.6 is 0 Å². The van der Waals surface area contributed by atoms with Crippen molar-refractivity contribution >= 4 is 17.3 Å².